The molecule has 2 aromatic rings. The standard InChI is InChI=1S/C14H17N3O3/c1-8(2)5-6-15-12(18)9-3-4-10-11(7-9)17-14(20)13(19)16-10/h3-4,7-8H,5-6H2,1-2H3,(H,15,18)(H,16,19)(H,17,20). The van der Waals surface area contributed by atoms with Gasteiger partial charge in [0.15, 0.2) is 0 Å². The molecular formula is C14H17N3O3. The molecule has 20 heavy (non-hydrogen) atoms. The molecule has 3 N–H and O–H groups in total. The van der Waals surface area contributed by atoms with E-state index in [0.717, 1.165) is 6.42 Å². The van der Waals surface area contributed by atoms with Crippen LogP contribution in [0, 0.1) is 5.92 Å². The Balaban J connectivity index is 2.23. The molecule has 6 heteroatoms. The summed E-state index contributed by atoms with van der Waals surface area (Å²) >= 11 is 0. The van der Waals surface area contributed by atoms with Gasteiger partial charge >= 0.3 is 11.1 Å². The van der Waals surface area contributed by atoms with E-state index in [0.29, 0.717) is 29.1 Å². The molecule has 0 saturated carbocycles. The van der Waals surface area contributed by atoms with Gasteiger partial charge in [-0.2, -0.15) is 0 Å². The number of nitrogens with one attached hydrogen (secondary N) is 3. The van der Waals surface area contributed by atoms with Gasteiger partial charge in [-0.3, -0.25) is 14.4 Å². The van der Waals surface area contributed by atoms with Crippen LogP contribution >= 0.6 is 0 Å². The van der Waals surface area contributed by atoms with E-state index in [1.807, 2.05) is 0 Å². The minimum Gasteiger partial charge on any atom is -0.352 e. The zero-order chi connectivity index (χ0) is 14.7. The van der Waals surface area contributed by atoms with Crippen molar-refractivity contribution >= 4 is 16.9 Å². The summed E-state index contributed by atoms with van der Waals surface area (Å²) in [5.41, 5.74) is -0.0510. The van der Waals surface area contributed by atoms with Gasteiger partial charge in [0.2, 0.25) is 0 Å². The highest BCUT2D eigenvalue weighted by Gasteiger charge is 2.07. The molecule has 0 bridgehead atoms. The van der Waals surface area contributed by atoms with Gasteiger partial charge < -0.3 is 15.3 Å². The average molecular weight is 275 g/mol. The second kappa shape index (κ2) is 5.73. The van der Waals surface area contributed by atoms with Gasteiger partial charge in [0.25, 0.3) is 5.91 Å². The van der Waals surface area contributed by atoms with Crippen molar-refractivity contribution in [1.29, 1.82) is 0 Å². The first-order valence-electron chi connectivity index (χ1n) is 6.52. The van der Waals surface area contributed by atoms with E-state index in [1.54, 1.807) is 18.2 Å². The number of hydrogen-bond donors (Lipinski definition) is 3. The topological polar surface area (TPSA) is 94.8 Å². The van der Waals surface area contributed by atoms with E-state index < -0.39 is 11.1 Å². The van der Waals surface area contributed by atoms with Crippen LogP contribution < -0.4 is 16.4 Å². The van der Waals surface area contributed by atoms with Gasteiger partial charge in [-0.05, 0) is 30.5 Å². The highest BCUT2D eigenvalue weighted by atomic mass is 16.2. The van der Waals surface area contributed by atoms with Crippen molar-refractivity contribution in [3.8, 4) is 0 Å². The maximum Gasteiger partial charge on any atom is 0.314 e. The number of H-pyrrole nitrogens is 2. The molecule has 0 spiro atoms. The SMILES string of the molecule is CC(C)CCNC(=O)c1ccc2[nH]c(=O)c(=O)[nH]c2c1. The van der Waals surface area contributed by atoms with Gasteiger partial charge in [0.05, 0.1) is 11.0 Å². The Morgan fingerprint density at radius 2 is 1.80 bits per heavy atom. The minimum absolute atomic E-state index is 0.195. The fraction of sp³-hybridized carbons (Fsp3) is 0.357. The molecule has 0 aliphatic heterocycles. The summed E-state index contributed by atoms with van der Waals surface area (Å²) in [5, 5.41) is 2.82. The van der Waals surface area contributed by atoms with Crippen molar-refractivity contribution in [3.63, 3.8) is 0 Å². The zero-order valence-corrected chi connectivity index (χ0v) is 11.4. The summed E-state index contributed by atoms with van der Waals surface area (Å²) in [5.74, 6) is 0.327. The number of benzene rings is 1. The first kappa shape index (κ1) is 14.0. The van der Waals surface area contributed by atoms with Gasteiger partial charge in [0, 0.05) is 12.1 Å². The van der Waals surface area contributed by atoms with Crippen molar-refractivity contribution in [2.75, 3.05) is 6.54 Å². The van der Waals surface area contributed by atoms with Gasteiger partial charge in [0.1, 0.15) is 0 Å². The molecule has 0 saturated heterocycles. The number of carbonyl (C=O) groups excluding carboxylic acids is 1. The molecule has 0 fully saturated rings. The molecule has 1 amide bonds. The van der Waals surface area contributed by atoms with Crippen molar-refractivity contribution < 1.29 is 4.79 Å². The Labute approximate surface area is 115 Å². The zero-order valence-electron chi connectivity index (χ0n) is 11.4. The molecule has 0 atom stereocenters. The third-order valence-electron chi connectivity index (χ3n) is 2.99. The van der Waals surface area contributed by atoms with Crippen LogP contribution in [0.4, 0.5) is 0 Å². The van der Waals surface area contributed by atoms with Crippen LogP contribution in [0.2, 0.25) is 0 Å². The normalized spacial score (nSPS) is 10.9. The summed E-state index contributed by atoms with van der Waals surface area (Å²) in [7, 11) is 0. The minimum atomic E-state index is -0.727. The third-order valence-corrected chi connectivity index (χ3v) is 2.99. The van der Waals surface area contributed by atoms with E-state index in [2.05, 4.69) is 29.1 Å². The van der Waals surface area contributed by atoms with Crippen LogP contribution in [0.25, 0.3) is 11.0 Å². The Morgan fingerprint density at radius 1 is 1.15 bits per heavy atom. The van der Waals surface area contributed by atoms with Crippen LogP contribution in [0.3, 0.4) is 0 Å². The second-order valence-corrected chi connectivity index (χ2v) is 5.11. The predicted molar refractivity (Wildman–Crippen MR) is 77.0 cm³/mol. The number of aromatic amines is 2. The highest BCUT2D eigenvalue weighted by Crippen LogP contribution is 2.09. The fourth-order valence-electron chi connectivity index (χ4n) is 1.83. The molecule has 1 aromatic heterocycles. The van der Waals surface area contributed by atoms with E-state index in [4.69, 9.17) is 0 Å². The van der Waals surface area contributed by atoms with E-state index in [1.165, 1.54) is 0 Å². The Kier molecular flexibility index (Phi) is 4.02. The first-order valence-corrected chi connectivity index (χ1v) is 6.52. The number of aromatic nitrogens is 2. The number of carbonyl (C=O) groups is 1. The van der Waals surface area contributed by atoms with Crippen LogP contribution in [-0.4, -0.2) is 22.4 Å². The maximum absolute atomic E-state index is 11.9. The van der Waals surface area contributed by atoms with Gasteiger partial charge in [-0.1, -0.05) is 13.8 Å². The Morgan fingerprint density at radius 3 is 2.45 bits per heavy atom. The van der Waals surface area contributed by atoms with Crippen LogP contribution in [0.15, 0.2) is 27.8 Å². The lowest BCUT2D eigenvalue weighted by molar-refractivity contribution is 0.0952. The molecule has 0 aliphatic carbocycles. The monoisotopic (exact) mass is 275 g/mol. The smallest absolute Gasteiger partial charge is 0.314 e. The van der Waals surface area contributed by atoms with Gasteiger partial charge in [-0.25, -0.2) is 0 Å². The van der Waals surface area contributed by atoms with Gasteiger partial charge in [-0.15, -0.1) is 0 Å². The van der Waals surface area contributed by atoms with Crippen LogP contribution in [0.5, 0.6) is 0 Å². The molecule has 106 valence electrons. The summed E-state index contributed by atoms with van der Waals surface area (Å²) in [6.45, 7) is 4.78. The summed E-state index contributed by atoms with van der Waals surface area (Å²) < 4.78 is 0. The third kappa shape index (κ3) is 3.14. The first-order chi connectivity index (χ1) is 9.47. The summed E-state index contributed by atoms with van der Waals surface area (Å²) in [6.07, 6.45) is 0.906. The largest absolute Gasteiger partial charge is 0.352 e. The molecule has 1 heterocycles. The number of hydrogen-bond acceptors (Lipinski definition) is 3. The quantitative estimate of drug-likeness (QED) is 0.726. The molecular weight excluding hydrogens is 258 g/mol. The Bertz CT molecular complexity index is 743. The lowest BCUT2D eigenvalue weighted by Crippen LogP contribution is -2.29. The van der Waals surface area contributed by atoms with E-state index in [-0.39, 0.29) is 5.91 Å². The molecule has 1 aromatic carbocycles. The summed E-state index contributed by atoms with van der Waals surface area (Å²) in [4.78, 5) is 39.3. The fourth-order valence-corrected chi connectivity index (χ4v) is 1.83. The maximum atomic E-state index is 11.9. The molecule has 0 unspecified atom stereocenters. The molecule has 2 rings (SSSR count). The van der Waals surface area contributed by atoms with Crippen molar-refractivity contribution in [3.05, 3.63) is 44.5 Å². The summed E-state index contributed by atoms with van der Waals surface area (Å²) in [6, 6.07) is 4.77. The lowest BCUT2D eigenvalue weighted by Gasteiger charge is -2.07. The number of amides is 1. The van der Waals surface area contributed by atoms with Crippen LogP contribution in [-0.2, 0) is 0 Å². The Hall–Kier alpha value is -2.37. The molecule has 6 nitrogen and oxygen atoms in total. The number of rotatable bonds is 4. The highest BCUT2D eigenvalue weighted by molar-refractivity contribution is 5.97. The van der Waals surface area contributed by atoms with Crippen molar-refractivity contribution in [2.24, 2.45) is 5.92 Å². The second-order valence-electron chi connectivity index (χ2n) is 5.11. The van der Waals surface area contributed by atoms with E-state index >= 15 is 0 Å². The van der Waals surface area contributed by atoms with Crippen molar-refractivity contribution in [1.82, 2.24) is 15.3 Å². The van der Waals surface area contributed by atoms with Crippen LogP contribution in [0.1, 0.15) is 30.6 Å². The lowest BCUT2D eigenvalue weighted by atomic mass is 10.1. The van der Waals surface area contributed by atoms with E-state index in [9.17, 15) is 14.4 Å². The predicted octanol–water partition coefficient (Wildman–Crippen LogP) is 0.992. The molecule has 0 radical (unpaired) electrons. The number of fused-ring (bicyclic) bond motifs is 1. The molecule has 0 aliphatic rings. The average Bonchev–Trinajstić information content (AvgIpc) is 2.39. The van der Waals surface area contributed by atoms with Crippen molar-refractivity contribution in [2.45, 2.75) is 20.3 Å².